The van der Waals surface area contributed by atoms with Crippen LogP contribution in [0.4, 0.5) is 4.39 Å². The zero-order valence-corrected chi connectivity index (χ0v) is 9.72. The molecule has 0 unspecified atom stereocenters. The number of thioether (sulfide) groups is 1. The highest BCUT2D eigenvalue weighted by molar-refractivity contribution is 7.98. The summed E-state index contributed by atoms with van der Waals surface area (Å²) in [5, 5.41) is 8.46. The Kier molecular flexibility index (Phi) is 5.11. The SMILES string of the molecule is COc1ccc(F)cc1CSCCC(=O)O. The Morgan fingerprint density at radius 2 is 2.31 bits per heavy atom. The second kappa shape index (κ2) is 6.37. The summed E-state index contributed by atoms with van der Waals surface area (Å²) in [6, 6.07) is 4.32. The first-order valence-electron chi connectivity index (χ1n) is 4.75. The standard InChI is InChI=1S/C11H13FO3S/c1-15-10-3-2-9(12)6-8(10)7-16-5-4-11(13)14/h2-3,6H,4-5,7H2,1H3,(H,13,14). The van der Waals surface area contributed by atoms with Gasteiger partial charge in [0.25, 0.3) is 0 Å². The summed E-state index contributed by atoms with van der Waals surface area (Å²) in [5.74, 6) is 0.556. The van der Waals surface area contributed by atoms with Crippen molar-refractivity contribution in [3.63, 3.8) is 0 Å². The molecule has 3 nitrogen and oxygen atoms in total. The van der Waals surface area contributed by atoms with Crippen LogP contribution < -0.4 is 4.74 Å². The smallest absolute Gasteiger partial charge is 0.304 e. The molecule has 0 heterocycles. The second-order valence-electron chi connectivity index (χ2n) is 3.15. The van der Waals surface area contributed by atoms with E-state index in [9.17, 15) is 9.18 Å². The van der Waals surface area contributed by atoms with Crippen LogP contribution in [0.2, 0.25) is 0 Å². The number of carbonyl (C=O) groups is 1. The summed E-state index contributed by atoms with van der Waals surface area (Å²) < 4.78 is 18.0. The number of hydrogen-bond donors (Lipinski definition) is 1. The van der Waals surface area contributed by atoms with Gasteiger partial charge < -0.3 is 9.84 Å². The molecule has 0 saturated carbocycles. The number of ether oxygens (including phenoxy) is 1. The van der Waals surface area contributed by atoms with E-state index in [0.717, 1.165) is 5.56 Å². The molecule has 1 N–H and O–H groups in total. The predicted molar refractivity (Wildman–Crippen MR) is 61.4 cm³/mol. The van der Waals surface area contributed by atoms with E-state index in [0.29, 0.717) is 17.3 Å². The summed E-state index contributed by atoms with van der Waals surface area (Å²) >= 11 is 1.45. The normalized spacial score (nSPS) is 10.1. The van der Waals surface area contributed by atoms with E-state index in [4.69, 9.17) is 9.84 Å². The van der Waals surface area contributed by atoms with Crippen molar-refractivity contribution in [3.05, 3.63) is 29.6 Å². The molecule has 0 radical (unpaired) electrons. The Balaban J connectivity index is 2.51. The lowest BCUT2D eigenvalue weighted by Gasteiger charge is -2.07. The molecule has 16 heavy (non-hydrogen) atoms. The fraction of sp³-hybridized carbons (Fsp3) is 0.364. The van der Waals surface area contributed by atoms with Gasteiger partial charge in [0, 0.05) is 17.1 Å². The third-order valence-electron chi connectivity index (χ3n) is 1.96. The Hall–Kier alpha value is -1.23. The van der Waals surface area contributed by atoms with Crippen LogP contribution in [0.5, 0.6) is 5.75 Å². The van der Waals surface area contributed by atoms with E-state index in [1.807, 2.05) is 0 Å². The number of halogens is 1. The number of hydrogen-bond acceptors (Lipinski definition) is 3. The molecule has 0 aliphatic rings. The number of carboxylic acid groups (broad SMARTS) is 1. The monoisotopic (exact) mass is 244 g/mol. The summed E-state index contributed by atoms with van der Waals surface area (Å²) in [7, 11) is 1.53. The zero-order chi connectivity index (χ0) is 12.0. The number of carboxylic acids is 1. The van der Waals surface area contributed by atoms with Gasteiger partial charge >= 0.3 is 5.97 Å². The molecule has 1 rings (SSSR count). The van der Waals surface area contributed by atoms with Gasteiger partial charge in [-0.2, -0.15) is 11.8 Å². The van der Waals surface area contributed by atoms with Crippen LogP contribution in [0.15, 0.2) is 18.2 Å². The quantitative estimate of drug-likeness (QED) is 0.781. The molecule has 0 atom stereocenters. The van der Waals surface area contributed by atoms with Crippen LogP contribution >= 0.6 is 11.8 Å². The minimum absolute atomic E-state index is 0.113. The third kappa shape index (κ3) is 4.10. The highest BCUT2D eigenvalue weighted by Gasteiger charge is 2.05. The van der Waals surface area contributed by atoms with E-state index in [1.165, 1.54) is 31.0 Å². The number of benzene rings is 1. The van der Waals surface area contributed by atoms with Gasteiger partial charge in [-0.05, 0) is 18.2 Å². The molecule has 0 fully saturated rings. The number of methoxy groups -OCH3 is 1. The van der Waals surface area contributed by atoms with Gasteiger partial charge in [0.05, 0.1) is 13.5 Å². The molecule has 0 aromatic heterocycles. The van der Waals surface area contributed by atoms with Crippen molar-refractivity contribution in [2.24, 2.45) is 0 Å². The molecule has 0 aliphatic carbocycles. The number of rotatable bonds is 6. The van der Waals surface area contributed by atoms with Gasteiger partial charge in [-0.25, -0.2) is 4.39 Å². The van der Waals surface area contributed by atoms with Crippen molar-refractivity contribution in [1.29, 1.82) is 0 Å². The van der Waals surface area contributed by atoms with E-state index in [2.05, 4.69) is 0 Å². The summed E-state index contributed by atoms with van der Waals surface area (Å²) in [5.41, 5.74) is 0.748. The molecular weight excluding hydrogens is 231 g/mol. The van der Waals surface area contributed by atoms with Gasteiger partial charge in [0.1, 0.15) is 11.6 Å². The van der Waals surface area contributed by atoms with Crippen molar-refractivity contribution in [1.82, 2.24) is 0 Å². The van der Waals surface area contributed by atoms with Crippen LogP contribution in [-0.2, 0) is 10.5 Å². The van der Waals surface area contributed by atoms with Gasteiger partial charge in [-0.3, -0.25) is 4.79 Å². The molecular formula is C11H13FO3S. The first-order valence-corrected chi connectivity index (χ1v) is 5.91. The molecule has 0 bridgehead atoms. The highest BCUT2D eigenvalue weighted by Crippen LogP contribution is 2.24. The minimum atomic E-state index is -0.821. The van der Waals surface area contributed by atoms with Crippen LogP contribution in [0, 0.1) is 5.82 Å². The van der Waals surface area contributed by atoms with Gasteiger partial charge in [-0.1, -0.05) is 0 Å². The summed E-state index contributed by atoms with van der Waals surface area (Å²) in [4.78, 5) is 10.3. The van der Waals surface area contributed by atoms with Crippen molar-refractivity contribution in [3.8, 4) is 5.75 Å². The van der Waals surface area contributed by atoms with E-state index in [1.54, 1.807) is 6.07 Å². The van der Waals surface area contributed by atoms with Crippen molar-refractivity contribution in [2.75, 3.05) is 12.9 Å². The lowest BCUT2D eigenvalue weighted by Crippen LogP contribution is -1.97. The van der Waals surface area contributed by atoms with Crippen LogP contribution in [0.1, 0.15) is 12.0 Å². The molecule has 0 spiro atoms. The van der Waals surface area contributed by atoms with Crippen molar-refractivity contribution < 1.29 is 19.0 Å². The zero-order valence-electron chi connectivity index (χ0n) is 8.90. The van der Waals surface area contributed by atoms with Crippen LogP contribution in [-0.4, -0.2) is 23.9 Å². The lowest BCUT2D eigenvalue weighted by atomic mass is 10.2. The van der Waals surface area contributed by atoms with Crippen LogP contribution in [0.25, 0.3) is 0 Å². The Bertz CT molecular complexity index is 368. The van der Waals surface area contributed by atoms with Gasteiger partial charge in [-0.15, -0.1) is 0 Å². The maximum absolute atomic E-state index is 13.0. The van der Waals surface area contributed by atoms with Crippen molar-refractivity contribution in [2.45, 2.75) is 12.2 Å². The molecule has 5 heteroatoms. The first kappa shape index (κ1) is 12.8. The Morgan fingerprint density at radius 3 is 2.94 bits per heavy atom. The van der Waals surface area contributed by atoms with Crippen molar-refractivity contribution >= 4 is 17.7 Å². The molecule has 0 aliphatic heterocycles. The van der Waals surface area contributed by atoms with E-state index >= 15 is 0 Å². The largest absolute Gasteiger partial charge is 0.496 e. The molecule has 0 saturated heterocycles. The molecule has 1 aromatic carbocycles. The first-order chi connectivity index (χ1) is 7.63. The average Bonchev–Trinajstić information content (AvgIpc) is 2.24. The lowest BCUT2D eigenvalue weighted by molar-refractivity contribution is -0.136. The van der Waals surface area contributed by atoms with Crippen LogP contribution in [0.3, 0.4) is 0 Å². The van der Waals surface area contributed by atoms with E-state index < -0.39 is 5.97 Å². The topological polar surface area (TPSA) is 46.5 Å². The van der Waals surface area contributed by atoms with E-state index in [-0.39, 0.29) is 12.2 Å². The summed E-state index contributed by atoms with van der Waals surface area (Å²) in [6.07, 6.45) is 0.113. The molecule has 0 amide bonds. The average molecular weight is 244 g/mol. The summed E-state index contributed by atoms with van der Waals surface area (Å²) in [6.45, 7) is 0. The second-order valence-corrected chi connectivity index (χ2v) is 4.26. The Morgan fingerprint density at radius 1 is 1.56 bits per heavy atom. The molecule has 1 aromatic rings. The maximum Gasteiger partial charge on any atom is 0.304 e. The Labute approximate surface area is 97.6 Å². The van der Waals surface area contributed by atoms with Gasteiger partial charge in [0.15, 0.2) is 0 Å². The fourth-order valence-electron chi connectivity index (χ4n) is 1.20. The minimum Gasteiger partial charge on any atom is -0.496 e. The third-order valence-corrected chi connectivity index (χ3v) is 2.97. The fourth-order valence-corrected chi connectivity index (χ4v) is 2.11. The van der Waals surface area contributed by atoms with Gasteiger partial charge in [0.2, 0.25) is 0 Å². The number of aliphatic carboxylic acids is 1. The maximum atomic E-state index is 13.0. The molecule has 88 valence electrons. The predicted octanol–water partition coefficient (Wildman–Crippen LogP) is 2.54. The highest BCUT2D eigenvalue weighted by atomic mass is 32.2.